The second kappa shape index (κ2) is 18.6. The van der Waals surface area contributed by atoms with Gasteiger partial charge in [-0.2, -0.15) is 0 Å². The Morgan fingerprint density at radius 3 is 1.00 bits per heavy atom. The summed E-state index contributed by atoms with van der Waals surface area (Å²) in [5, 5.41) is 0. The van der Waals surface area contributed by atoms with Crippen molar-refractivity contribution in [2.24, 2.45) is 0 Å². The minimum atomic E-state index is 0. The molecule has 4 heteroatoms. The Morgan fingerprint density at radius 2 is 1.00 bits per heavy atom. The van der Waals surface area contributed by atoms with Crippen LogP contribution in [0.25, 0.3) is 0 Å². The third-order valence-corrected chi connectivity index (χ3v) is 0. The Kier molecular flexibility index (Phi) is 157. The fraction of sp³-hybridized carbons (Fsp3) is 0. The maximum atomic E-state index is 0. The van der Waals surface area contributed by atoms with Gasteiger partial charge in [-0.3, -0.25) is 0 Å². The van der Waals surface area contributed by atoms with Crippen molar-refractivity contribution >= 4 is 77.2 Å². The zero-order chi connectivity index (χ0) is 0. The predicted molar refractivity (Wildman–Crippen MR) is 17.9 cm³/mol. The van der Waals surface area contributed by atoms with E-state index in [-0.39, 0.29) is 82.7 Å². The Morgan fingerprint density at radius 1 is 1.00 bits per heavy atom. The smallest absolute Gasteiger partial charge is 2.00 e. The standard InChI is InChI=1S/Al.Ba.O.Si/q+3;+2;-2;+4. The Hall–Kier alpha value is 2.28. The van der Waals surface area contributed by atoms with Crippen LogP contribution in [0.2, 0.25) is 0 Å². The third kappa shape index (κ3) is 8.86. The van der Waals surface area contributed by atoms with Crippen molar-refractivity contribution in [3.63, 3.8) is 0 Å². The average molecular weight is 208 g/mol. The van der Waals surface area contributed by atoms with Gasteiger partial charge < -0.3 is 5.48 Å². The van der Waals surface area contributed by atoms with Crippen molar-refractivity contribution < 1.29 is 5.48 Å². The molecule has 0 N–H and O–H groups in total. The summed E-state index contributed by atoms with van der Waals surface area (Å²) in [5.74, 6) is 0. The minimum absolute atomic E-state index is 0. The van der Waals surface area contributed by atoms with E-state index in [0.29, 0.717) is 0 Å². The topological polar surface area (TPSA) is 28.5 Å². The molecule has 0 bridgehead atoms. The molecule has 0 aromatic carbocycles. The van der Waals surface area contributed by atoms with Gasteiger partial charge in [0.25, 0.3) is 0 Å². The molecule has 0 aliphatic carbocycles. The summed E-state index contributed by atoms with van der Waals surface area (Å²) in [6.07, 6.45) is 0. The summed E-state index contributed by atoms with van der Waals surface area (Å²) >= 11 is 0. The van der Waals surface area contributed by atoms with Crippen LogP contribution in [0, 0.1) is 0 Å². The molecule has 0 atom stereocenters. The molecular weight excluding hydrogens is 208 g/mol. The van der Waals surface area contributed by atoms with Crippen molar-refractivity contribution in [1.82, 2.24) is 0 Å². The molecule has 0 aliphatic heterocycles. The molecule has 0 unspecified atom stereocenters. The van der Waals surface area contributed by atoms with Crippen LogP contribution in [0.5, 0.6) is 0 Å². The summed E-state index contributed by atoms with van der Waals surface area (Å²) in [4.78, 5) is 0. The summed E-state index contributed by atoms with van der Waals surface area (Å²) in [7, 11) is 0. The van der Waals surface area contributed by atoms with E-state index in [1.54, 1.807) is 0 Å². The Labute approximate surface area is 81.1 Å². The molecule has 0 fully saturated rings. The number of rotatable bonds is 0. The summed E-state index contributed by atoms with van der Waals surface area (Å²) in [6, 6.07) is 0. The molecule has 0 aromatic rings. The Balaban J connectivity index is 0. The molecule has 0 aromatic heterocycles. The van der Waals surface area contributed by atoms with Crippen LogP contribution in [-0.2, 0) is 5.48 Å². The summed E-state index contributed by atoms with van der Waals surface area (Å²) in [6.45, 7) is 0. The van der Waals surface area contributed by atoms with E-state index in [4.69, 9.17) is 0 Å². The molecule has 0 rings (SSSR count). The molecule has 0 spiro atoms. The first-order chi connectivity index (χ1) is 0. The molecular formula is AlBaOSi+7. The van der Waals surface area contributed by atoms with Crippen molar-refractivity contribution in [2.45, 2.75) is 0 Å². The van der Waals surface area contributed by atoms with E-state index < -0.39 is 0 Å². The van der Waals surface area contributed by atoms with Gasteiger partial charge in [0.2, 0.25) is 0 Å². The Bertz CT molecular complexity index is 8.00. The molecule has 1 nitrogen and oxygen atoms in total. The first-order valence-electron chi connectivity index (χ1n) is 0. The van der Waals surface area contributed by atoms with Gasteiger partial charge >= 0.3 is 77.2 Å². The maximum absolute atomic E-state index is 0. The van der Waals surface area contributed by atoms with E-state index in [0.717, 1.165) is 0 Å². The maximum Gasteiger partial charge on any atom is 4.00 e. The molecule has 8 valence electrons. The van der Waals surface area contributed by atoms with Crippen molar-refractivity contribution in [1.29, 1.82) is 0 Å². The van der Waals surface area contributed by atoms with Crippen LogP contribution in [-0.4, -0.2) is 77.2 Å². The first kappa shape index (κ1) is 33.7. The number of hydrogen-bond acceptors (Lipinski definition) is 0. The fourth-order valence-corrected chi connectivity index (χ4v) is 0. The van der Waals surface area contributed by atoms with Gasteiger partial charge in [-0.1, -0.05) is 0 Å². The van der Waals surface area contributed by atoms with E-state index in [9.17, 15) is 0 Å². The average Bonchev–Trinajstić information content (AvgIpc) is 0. The zero-order valence-electron chi connectivity index (χ0n) is 2.19. The van der Waals surface area contributed by atoms with Gasteiger partial charge in [0, 0.05) is 0 Å². The van der Waals surface area contributed by atoms with Crippen LogP contribution >= 0.6 is 0 Å². The SMILES string of the molecule is [Al+3].[Ba+2].[O-2].[Si+4]. The van der Waals surface area contributed by atoms with Crippen molar-refractivity contribution in [3.8, 4) is 0 Å². The van der Waals surface area contributed by atoms with Crippen LogP contribution < -0.4 is 0 Å². The molecule has 0 radical (unpaired) electrons. The number of hydrogen-bond donors (Lipinski definition) is 0. The second-order valence-corrected chi connectivity index (χ2v) is 0. The van der Waals surface area contributed by atoms with Crippen LogP contribution in [0.15, 0.2) is 0 Å². The zero-order valence-corrected chi connectivity index (χ0v) is 8.79. The van der Waals surface area contributed by atoms with Crippen molar-refractivity contribution in [3.05, 3.63) is 0 Å². The fourth-order valence-electron chi connectivity index (χ4n) is 0. The van der Waals surface area contributed by atoms with E-state index in [1.165, 1.54) is 0 Å². The van der Waals surface area contributed by atoms with Gasteiger partial charge in [0.15, 0.2) is 0 Å². The quantitative estimate of drug-likeness (QED) is 0.445. The predicted octanol–water partition coefficient (Wildman–Crippen LogP) is -1.26. The summed E-state index contributed by atoms with van der Waals surface area (Å²) < 4.78 is 0. The largest absolute Gasteiger partial charge is 4.00 e. The van der Waals surface area contributed by atoms with E-state index in [1.807, 2.05) is 0 Å². The van der Waals surface area contributed by atoms with Crippen molar-refractivity contribution in [2.75, 3.05) is 0 Å². The molecule has 0 amide bonds. The van der Waals surface area contributed by atoms with E-state index >= 15 is 0 Å². The second-order valence-electron chi connectivity index (χ2n) is 0. The van der Waals surface area contributed by atoms with E-state index in [2.05, 4.69) is 0 Å². The molecule has 0 heterocycles. The first-order valence-corrected chi connectivity index (χ1v) is 0. The summed E-state index contributed by atoms with van der Waals surface area (Å²) in [5.41, 5.74) is 0. The molecule has 4 heavy (non-hydrogen) atoms. The molecule has 0 saturated heterocycles. The van der Waals surface area contributed by atoms with Gasteiger partial charge in [-0.25, -0.2) is 0 Å². The molecule has 0 saturated carbocycles. The van der Waals surface area contributed by atoms with Gasteiger partial charge in [-0.15, -0.1) is 0 Å². The minimum Gasteiger partial charge on any atom is -2.00 e. The van der Waals surface area contributed by atoms with Gasteiger partial charge in [0.1, 0.15) is 0 Å². The molecule has 0 aliphatic rings. The third-order valence-electron chi connectivity index (χ3n) is 0. The van der Waals surface area contributed by atoms with Crippen LogP contribution in [0.1, 0.15) is 0 Å². The van der Waals surface area contributed by atoms with Gasteiger partial charge in [-0.05, 0) is 0 Å². The normalized spacial score (nSPS) is 0. The van der Waals surface area contributed by atoms with Gasteiger partial charge in [0.05, 0.1) is 0 Å². The van der Waals surface area contributed by atoms with Crippen LogP contribution in [0.4, 0.5) is 0 Å². The van der Waals surface area contributed by atoms with Crippen LogP contribution in [0.3, 0.4) is 0 Å². The monoisotopic (exact) mass is 209 g/mol.